The van der Waals surface area contributed by atoms with E-state index in [1.54, 1.807) is 15.9 Å². The van der Waals surface area contributed by atoms with E-state index in [1.807, 2.05) is 31.2 Å². The maximum absolute atomic E-state index is 12.9. The van der Waals surface area contributed by atoms with E-state index in [9.17, 15) is 8.42 Å². The van der Waals surface area contributed by atoms with Crippen molar-refractivity contribution in [1.82, 2.24) is 19.0 Å². The van der Waals surface area contributed by atoms with E-state index in [4.69, 9.17) is 11.6 Å². The molecule has 1 fully saturated rings. The highest BCUT2D eigenvalue weighted by Crippen LogP contribution is 2.21. The molecule has 25 heavy (non-hydrogen) atoms. The van der Waals surface area contributed by atoms with Gasteiger partial charge in [-0.3, -0.25) is 9.58 Å². The van der Waals surface area contributed by atoms with Crippen LogP contribution >= 0.6 is 11.6 Å². The van der Waals surface area contributed by atoms with Gasteiger partial charge < -0.3 is 0 Å². The van der Waals surface area contributed by atoms with E-state index in [2.05, 4.69) is 10.00 Å². The fraction of sp³-hybridized carbons (Fsp3) is 0.471. The van der Waals surface area contributed by atoms with Gasteiger partial charge in [-0.05, 0) is 31.5 Å². The van der Waals surface area contributed by atoms with Gasteiger partial charge in [0.05, 0.1) is 11.9 Å². The van der Waals surface area contributed by atoms with Gasteiger partial charge in [0.25, 0.3) is 0 Å². The van der Waals surface area contributed by atoms with Gasteiger partial charge >= 0.3 is 0 Å². The van der Waals surface area contributed by atoms with Crippen LogP contribution in [0, 0.1) is 6.92 Å². The lowest BCUT2D eigenvalue weighted by Crippen LogP contribution is -2.48. The van der Waals surface area contributed by atoms with E-state index < -0.39 is 10.0 Å². The van der Waals surface area contributed by atoms with E-state index in [1.165, 1.54) is 11.8 Å². The normalized spacial score (nSPS) is 17.1. The van der Waals surface area contributed by atoms with Crippen LogP contribution in [0.15, 0.2) is 35.4 Å². The number of benzene rings is 1. The van der Waals surface area contributed by atoms with Gasteiger partial charge in [-0.15, -0.1) is 0 Å². The first-order valence-corrected chi connectivity index (χ1v) is 10.2. The molecular weight excluding hydrogens is 360 g/mol. The topological polar surface area (TPSA) is 58.4 Å². The van der Waals surface area contributed by atoms with Crippen molar-refractivity contribution in [2.75, 3.05) is 26.2 Å². The fourth-order valence-electron chi connectivity index (χ4n) is 3.12. The minimum absolute atomic E-state index is 0.320. The van der Waals surface area contributed by atoms with Crippen molar-refractivity contribution in [3.05, 3.63) is 46.7 Å². The van der Waals surface area contributed by atoms with Crippen molar-refractivity contribution < 1.29 is 8.42 Å². The highest BCUT2D eigenvalue weighted by molar-refractivity contribution is 7.89. The van der Waals surface area contributed by atoms with Crippen molar-refractivity contribution in [2.24, 2.45) is 0 Å². The van der Waals surface area contributed by atoms with Crippen LogP contribution in [-0.4, -0.2) is 53.6 Å². The molecule has 0 spiro atoms. The smallest absolute Gasteiger partial charge is 0.246 e. The van der Waals surface area contributed by atoms with Crippen molar-refractivity contribution >= 4 is 21.6 Å². The molecule has 2 heterocycles. The maximum atomic E-state index is 12.9. The summed E-state index contributed by atoms with van der Waals surface area (Å²) in [5, 5.41) is 4.89. The van der Waals surface area contributed by atoms with Crippen LogP contribution in [0.2, 0.25) is 5.02 Å². The number of sulfonamides is 1. The molecule has 1 aliphatic heterocycles. The number of nitrogens with zero attached hydrogens (tertiary/aromatic N) is 4. The van der Waals surface area contributed by atoms with Crippen molar-refractivity contribution in [1.29, 1.82) is 0 Å². The monoisotopic (exact) mass is 382 g/mol. The molecule has 3 rings (SSSR count). The molecule has 0 atom stereocenters. The predicted octanol–water partition coefficient (Wildman–Crippen LogP) is 2.37. The zero-order valence-corrected chi connectivity index (χ0v) is 16.1. The quantitative estimate of drug-likeness (QED) is 0.796. The summed E-state index contributed by atoms with van der Waals surface area (Å²) >= 11 is 5.91. The molecular formula is C17H23ClN4O2S. The zero-order valence-electron chi connectivity index (χ0n) is 14.5. The van der Waals surface area contributed by atoms with Crippen LogP contribution in [0.4, 0.5) is 0 Å². The second-order valence-electron chi connectivity index (χ2n) is 6.22. The molecule has 1 aromatic carbocycles. The van der Waals surface area contributed by atoms with Gasteiger partial charge in [0.1, 0.15) is 4.90 Å². The number of rotatable bonds is 5. The first-order valence-electron chi connectivity index (χ1n) is 8.41. The molecule has 1 aromatic heterocycles. The summed E-state index contributed by atoms with van der Waals surface area (Å²) in [6.45, 7) is 7.63. The SMILES string of the molecule is CCn1ncc(S(=O)(=O)N2CCN(Cc3ccc(Cl)cc3)CC2)c1C. The average Bonchev–Trinajstić information content (AvgIpc) is 2.99. The number of hydrogen-bond donors (Lipinski definition) is 0. The van der Waals surface area contributed by atoms with E-state index in [0.717, 1.165) is 11.6 Å². The standard InChI is InChI=1S/C17H23ClN4O2S/c1-3-22-14(2)17(12-19-22)25(23,24)21-10-8-20(9-11-21)13-15-4-6-16(18)7-5-15/h4-7,12H,3,8-11,13H2,1-2H3. The summed E-state index contributed by atoms with van der Waals surface area (Å²) in [6.07, 6.45) is 1.47. The number of aryl methyl sites for hydroxylation is 1. The van der Waals surface area contributed by atoms with Gasteiger partial charge in [0.2, 0.25) is 10.0 Å². The lowest BCUT2D eigenvalue weighted by molar-refractivity contribution is 0.181. The van der Waals surface area contributed by atoms with Crippen LogP contribution in [0.5, 0.6) is 0 Å². The molecule has 0 N–H and O–H groups in total. The van der Waals surface area contributed by atoms with Crippen LogP contribution in [0.3, 0.4) is 0 Å². The summed E-state index contributed by atoms with van der Waals surface area (Å²) in [6, 6.07) is 7.78. The van der Waals surface area contributed by atoms with Crippen LogP contribution in [0.25, 0.3) is 0 Å². The lowest BCUT2D eigenvalue weighted by Gasteiger charge is -2.33. The molecule has 1 saturated heterocycles. The average molecular weight is 383 g/mol. The van der Waals surface area contributed by atoms with Gasteiger partial charge in [0.15, 0.2) is 0 Å². The third-order valence-electron chi connectivity index (χ3n) is 4.63. The van der Waals surface area contributed by atoms with Gasteiger partial charge in [-0.1, -0.05) is 23.7 Å². The Morgan fingerprint density at radius 2 is 1.76 bits per heavy atom. The fourth-order valence-corrected chi connectivity index (χ4v) is 4.82. The van der Waals surface area contributed by atoms with Crippen molar-refractivity contribution in [2.45, 2.75) is 31.8 Å². The first kappa shape index (κ1) is 18.4. The third-order valence-corrected chi connectivity index (χ3v) is 6.88. The molecule has 1 aliphatic rings. The Morgan fingerprint density at radius 3 is 2.32 bits per heavy atom. The Kier molecular flexibility index (Phi) is 5.48. The molecule has 0 unspecified atom stereocenters. The Morgan fingerprint density at radius 1 is 1.12 bits per heavy atom. The maximum Gasteiger partial charge on any atom is 0.246 e. The van der Waals surface area contributed by atoms with Crippen LogP contribution in [-0.2, 0) is 23.1 Å². The summed E-state index contributed by atoms with van der Waals surface area (Å²) in [5.74, 6) is 0. The summed E-state index contributed by atoms with van der Waals surface area (Å²) in [5.41, 5.74) is 1.88. The molecule has 136 valence electrons. The molecule has 0 radical (unpaired) electrons. The van der Waals surface area contributed by atoms with Gasteiger partial charge in [0, 0.05) is 44.3 Å². The second kappa shape index (κ2) is 7.45. The minimum Gasteiger partial charge on any atom is -0.296 e. The summed E-state index contributed by atoms with van der Waals surface area (Å²) in [4.78, 5) is 2.58. The van der Waals surface area contributed by atoms with Gasteiger partial charge in [-0.2, -0.15) is 9.40 Å². The first-order chi connectivity index (χ1) is 11.9. The molecule has 8 heteroatoms. The van der Waals surface area contributed by atoms with Gasteiger partial charge in [-0.25, -0.2) is 8.42 Å². The Labute approximate surface area is 154 Å². The molecule has 2 aromatic rings. The van der Waals surface area contributed by atoms with Crippen molar-refractivity contribution in [3.63, 3.8) is 0 Å². The minimum atomic E-state index is -3.48. The molecule has 0 saturated carbocycles. The van der Waals surface area contributed by atoms with E-state index >= 15 is 0 Å². The highest BCUT2D eigenvalue weighted by Gasteiger charge is 2.31. The molecule has 0 amide bonds. The molecule has 0 bridgehead atoms. The van der Waals surface area contributed by atoms with Crippen LogP contribution < -0.4 is 0 Å². The number of aromatic nitrogens is 2. The highest BCUT2D eigenvalue weighted by atomic mass is 35.5. The number of halogens is 1. The third kappa shape index (κ3) is 3.89. The lowest BCUT2D eigenvalue weighted by atomic mass is 10.2. The summed E-state index contributed by atoms with van der Waals surface area (Å²) in [7, 11) is -3.48. The van der Waals surface area contributed by atoms with E-state index in [0.29, 0.717) is 43.3 Å². The Bertz CT molecular complexity index is 825. The Hall–Kier alpha value is -1.41. The van der Waals surface area contributed by atoms with Crippen LogP contribution in [0.1, 0.15) is 18.2 Å². The summed E-state index contributed by atoms with van der Waals surface area (Å²) < 4.78 is 29.0. The zero-order chi connectivity index (χ0) is 18.0. The Balaban J connectivity index is 1.65. The molecule has 6 nitrogen and oxygen atoms in total. The second-order valence-corrected chi connectivity index (χ2v) is 8.56. The largest absolute Gasteiger partial charge is 0.296 e. The number of piperazine rings is 1. The predicted molar refractivity (Wildman–Crippen MR) is 98.1 cm³/mol. The molecule has 0 aliphatic carbocycles. The number of hydrogen-bond acceptors (Lipinski definition) is 4. The van der Waals surface area contributed by atoms with E-state index in [-0.39, 0.29) is 0 Å². The van der Waals surface area contributed by atoms with Crippen molar-refractivity contribution in [3.8, 4) is 0 Å².